The molecule has 0 aromatic carbocycles. The first-order valence-electron chi connectivity index (χ1n) is 26.1. The normalized spacial score (nSPS) is 26.6. The van der Waals surface area contributed by atoms with Gasteiger partial charge in [-0.25, -0.2) is 0 Å². The van der Waals surface area contributed by atoms with E-state index in [0.29, 0.717) is 13.0 Å². The Hall–Kier alpha value is -1.79. The first kappa shape index (κ1) is 60.3. The first-order valence-corrected chi connectivity index (χ1v) is 26.1. The lowest BCUT2D eigenvalue weighted by Gasteiger charge is -2.42. The Bertz CT molecular complexity index is 1230. The van der Waals surface area contributed by atoms with E-state index in [4.69, 9.17) is 28.4 Å². The number of aliphatic hydroxyl groups is 7. The fourth-order valence-electron chi connectivity index (χ4n) is 8.12. The van der Waals surface area contributed by atoms with E-state index in [9.17, 15) is 40.5 Å². The molecule has 0 saturated carbocycles. The predicted octanol–water partition coefficient (Wildman–Crippen LogP) is 7.80. The van der Waals surface area contributed by atoms with Crippen molar-refractivity contribution < 1.29 is 69.0 Å². The molecule has 14 heteroatoms. The van der Waals surface area contributed by atoms with Gasteiger partial charge in [-0.15, -0.1) is 0 Å². The van der Waals surface area contributed by atoms with Crippen molar-refractivity contribution in [3.05, 3.63) is 36.5 Å². The minimum Gasteiger partial charge on any atom is -0.457 e. The van der Waals surface area contributed by atoms with Crippen LogP contribution >= 0.6 is 0 Å². The van der Waals surface area contributed by atoms with Crippen LogP contribution in [-0.4, -0.2) is 142 Å². The Kier molecular flexibility index (Phi) is 36.6. The van der Waals surface area contributed by atoms with Gasteiger partial charge in [-0.05, 0) is 51.4 Å². The zero-order chi connectivity index (χ0) is 48.0. The summed E-state index contributed by atoms with van der Waals surface area (Å²) in [6, 6.07) is 0. The van der Waals surface area contributed by atoms with E-state index in [-0.39, 0.29) is 25.6 Å². The van der Waals surface area contributed by atoms with Crippen LogP contribution in [0.1, 0.15) is 187 Å². The second-order valence-corrected chi connectivity index (χ2v) is 18.3. The van der Waals surface area contributed by atoms with Gasteiger partial charge >= 0.3 is 5.97 Å². The second-order valence-electron chi connectivity index (χ2n) is 18.3. The number of unbranched alkanes of at least 4 members (excludes halogenated alkanes) is 21. The van der Waals surface area contributed by atoms with Crippen molar-refractivity contribution in [1.82, 2.24) is 0 Å². The van der Waals surface area contributed by atoms with E-state index < -0.39 is 80.7 Å². The number of hydrogen-bond donors (Lipinski definition) is 7. The van der Waals surface area contributed by atoms with E-state index >= 15 is 0 Å². The Morgan fingerprint density at radius 1 is 0.500 bits per heavy atom. The summed E-state index contributed by atoms with van der Waals surface area (Å²) in [7, 11) is 0. The molecule has 386 valence electrons. The number of ether oxygens (including phenoxy) is 6. The summed E-state index contributed by atoms with van der Waals surface area (Å²) in [6.45, 7) is 3.65. The smallest absolute Gasteiger partial charge is 0.306 e. The minimum absolute atomic E-state index is 0.0584. The predicted molar refractivity (Wildman–Crippen MR) is 256 cm³/mol. The molecule has 0 aromatic heterocycles. The highest BCUT2D eigenvalue weighted by atomic mass is 16.7. The van der Waals surface area contributed by atoms with Crippen LogP contribution in [-0.2, 0) is 33.2 Å². The maximum atomic E-state index is 13.0. The number of carbonyl (C=O) groups is 1. The van der Waals surface area contributed by atoms with E-state index in [2.05, 4.69) is 50.3 Å². The van der Waals surface area contributed by atoms with Gasteiger partial charge in [0, 0.05) is 13.0 Å². The summed E-state index contributed by atoms with van der Waals surface area (Å²) < 4.78 is 34.3. The fourth-order valence-corrected chi connectivity index (χ4v) is 8.12. The van der Waals surface area contributed by atoms with E-state index in [1.807, 2.05) is 0 Å². The Balaban J connectivity index is 1.77. The van der Waals surface area contributed by atoms with Gasteiger partial charge in [-0.2, -0.15) is 0 Å². The first-order chi connectivity index (χ1) is 32.1. The third-order valence-electron chi connectivity index (χ3n) is 12.4. The SMILES string of the molecule is CCCCC/C=C\C/C=C\C/C=C\CCCCCCCCC(=O)OC(COCCCCCCCCCCCCCCC)COC1OC(COC2OC(CO)C(O)C(O)C2O)C(O)C(O)C1O. The molecule has 14 nitrogen and oxygen atoms in total. The molecule has 2 saturated heterocycles. The Morgan fingerprint density at radius 2 is 0.939 bits per heavy atom. The average Bonchev–Trinajstić information content (AvgIpc) is 3.31. The summed E-state index contributed by atoms with van der Waals surface area (Å²) in [5, 5.41) is 72.1. The number of aliphatic hydroxyl groups excluding tert-OH is 7. The molecular formula is C52H94O14. The van der Waals surface area contributed by atoms with Crippen LogP contribution in [0.3, 0.4) is 0 Å². The van der Waals surface area contributed by atoms with Crippen LogP contribution in [0.2, 0.25) is 0 Å². The molecule has 11 atom stereocenters. The molecule has 0 amide bonds. The number of rotatable bonds is 41. The van der Waals surface area contributed by atoms with Crippen LogP contribution in [0.4, 0.5) is 0 Å². The molecule has 0 aromatic rings. The topological polar surface area (TPSA) is 214 Å². The van der Waals surface area contributed by atoms with Crippen molar-refractivity contribution in [2.45, 2.75) is 255 Å². The van der Waals surface area contributed by atoms with E-state index in [1.165, 1.54) is 89.9 Å². The molecule has 66 heavy (non-hydrogen) atoms. The third kappa shape index (κ3) is 27.4. The van der Waals surface area contributed by atoms with Crippen molar-refractivity contribution in [2.24, 2.45) is 0 Å². The minimum atomic E-state index is -1.71. The summed E-state index contributed by atoms with van der Waals surface area (Å²) in [5.74, 6) is -0.387. The van der Waals surface area contributed by atoms with E-state index in [1.54, 1.807) is 0 Å². The zero-order valence-corrected chi connectivity index (χ0v) is 40.9. The lowest BCUT2D eigenvalue weighted by atomic mass is 9.98. The van der Waals surface area contributed by atoms with Gasteiger partial charge in [-0.1, -0.05) is 166 Å². The standard InChI is InChI=1S/C52H94O14/c1-3-5-7-9-11-13-15-17-18-19-20-21-22-23-25-27-29-31-33-35-44(54)64-41(38-61-36-34-32-30-28-26-24-16-14-12-10-8-6-4-2)39-62-51-50(60)48(58)46(56)43(66-51)40-63-52-49(59)47(57)45(55)42(37-53)65-52/h11,13,17-18,20-21,41-43,45-53,55-60H,3-10,12,14-16,19,22-40H2,1-2H3/b13-11-,18-17-,21-20-. The summed E-state index contributed by atoms with van der Waals surface area (Å²) in [6.07, 6.45) is 27.7. The van der Waals surface area contributed by atoms with Crippen LogP contribution in [0.25, 0.3) is 0 Å². The van der Waals surface area contributed by atoms with Crippen molar-refractivity contribution >= 4 is 5.97 Å². The van der Waals surface area contributed by atoms with Gasteiger partial charge in [0.1, 0.15) is 54.9 Å². The van der Waals surface area contributed by atoms with Gasteiger partial charge < -0.3 is 64.2 Å². The van der Waals surface area contributed by atoms with Gasteiger partial charge in [0.25, 0.3) is 0 Å². The third-order valence-corrected chi connectivity index (χ3v) is 12.4. The molecule has 0 aliphatic carbocycles. The average molecular weight is 943 g/mol. The molecule has 2 heterocycles. The van der Waals surface area contributed by atoms with Crippen molar-refractivity contribution in [1.29, 1.82) is 0 Å². The van der Waals surface area contributed by atoms with Crippen LogP contribution < -0.4 is 0 Å². The molecule has 2 rings (SSSR count). The lowest BCUT2D eigenvalue weighted by Crippen LogP contribution is -2.61. The van der Waals surface area contributed by atoms with Crippen LogP contribution in [0.15, 0.2) is 36.5 Å². The number of carbonyl (C=O) groups excluding carboxylic acids is 1. The largest absolute Gasteiger partial charge is 0.457 e. The highest BCUT2D eigenvalue weighted by Gasteiger charge is 2.47. The molecule has 11 unspecified atom stereocenters. The van der Waals surface area contributed by atoms with Crippen LogP contribution in [0.5, 0.6) is 0 Å². The van der Waals surface area contributed by atoms with Crippen LogP contribution in [0, 0.1) is 0 Å². The Morgan fingerprint density at radius 3 is 1.50 bits per heavy atom. The van der Waals surface area contributed by atoms with Crippen molar-refractivity contribution in [3.8, 4) is 0 Å². The molecule has 2 aliphatic heterocycles. The summed E-state index contributed by atoms with van der Waals surface area (Å²) in [5.41, 5.74) is 0. The molecule has 2 aliphatic rings. The number of esters is 1. The second kappa shape index (κ2) is 40.0. The number of allylic oxidation sites excluding steroid dienone is 6. The summed E-state index contributed by atoms with van der Waals surface area (Å²) >= 11 is 0. The van der Waals surface area contributed by atoms with Gasteiger partial charge in [0.2, 0.25) is 0 Å². The van der Waals surface area contributed by atoms with Gasteiger partial charge in [0.05, 0.1) is 26.4 Å². The van der Waals surface area contributed by atoms with E-state index in [0.717, 1.165) is 70.6 Å². The molecule has 0 bridgehead atoms. The zero-order valence-electron chi connectivity index (χ0n) is 40.9. The van der Waals surface area contributed by atoms with Gasteiger partial charge in [-0.3, -0.25) is 4.79 Å². The molecule has 2 fully saturated rings. The molecular weight excluding hydrogens is 849 g/mol. The molecule has 0 spiro atoms. The number of hydrogen-bond acceptors (Lipinski definition) is 14. The fraction of sp³-hybridized carbons (Fsp3) is 0.865. The molecule has 7 N–H and O–H groups in total. The van der Waals surface area contributed by atoms with Gasteiger partial charge in [0.15, 0.2) is 12.6 Å². The highest BCUT2D eigenvalue weighted by Crippen LogP contribution is 2.26. The Labute approximate surface area is 398 Å². The quantitative estimate of drug-likeness (QED) is 0.0177. The van der Waals surface area contributed by atoms with Crippen molar-refractivity contribution in [2.75, 3.05) is 33.0 Å². The lowest BCUT2D eigenvalue weighted by molar-refractivity contribution is -0.332. The molecule has 0 radical (unpaired) electrons. The van der Waals surface area contributed by atoms with Crippen molar-refractivity contribution in [3.63, 3.8) is 0 Å². The maximum Gasteiger partial charge on any atom is 0.306 e. The summed E-state index contributed by atoms with van der Waals surface area (Å²) in [4.78, 5) is 13.0. The highest BCUT2D eigenvalue weighted by molar-refractivity contribution is 5.69. The monoisotopic (exact) mass is 943 g/mol. The maximum absolute atomic E-state index is 13.0.